The second-order valence-corrected chi connectivity index (χ2v) is 14.6. The molecule has 0 saturated carbocycles. The van der Waals surface area contributed by atoms with Gasteiger partial charge < -0.3 is 29.5 Å². The predicted octanol–water partition coefficient (Wildman–Crippen LogP) is 11.4. The van der Waals surface area contributed by atoms with Crippen LogP contribution in [-0.4, -0.2) is 59.0 Å². The number of phenolic OH excluding ortho intramolecular Hbond substituents is 1. The molecule has 0 aliphatic carbocycles. The maximum Gasteiger partial charge on any atom is 0.338 e. The molecule has 10 nitrogen and oxygen atoms in total. The van der Waals surface area contributed by atoms with Crippen LogP contribution in [0.25, 0.3) is 0 Å². The van der Waals surface area contributed by atoms with Crippen LogP contribution in [0.15, 0.2) is 129 Å². The zero-order chi connectivity index (χ0) is 41.9. The molecule has 0 unspecified atom stereocenters. The Bertz CT molecular complexity index is 1870. The molecule has 0 atom stereocenters. The molecule has 14 heteroatoms. The van der Waals surface area contributed by atoms with E-state index in [9.17, 15) is 24.3 Å². The van der Waals surface area contributed by atoms with Gasteiger partial charge in [0, 0.05) is 5.41 Å². The highest BCUT2D eigenvalue weighted by atomic mass is 79.9. The minimum absolute atomic E-state index is 0.0584. The molecule has 0 saturated heterocycles. The Morgan fingerprint density at radius 1 is 0.655 bits per heavy atom. The third-order valence-corrected chi connectivity index (χ3v) is 9.49. The highest BCUT2D eigenvalue weighted by Gasteiger charge is 2.27. The van der Waals surface area contributed by atoms with E-state index in [1.165, 1.54) is 60.7 Å². The fraction of sp³-hybridized carbons (Fsp3) is 0.171. The molecule has 0 radical (unpaired) electrons. The number of hydrogen-bond acceptors (Lipinski definition) is 8. The molecule has 292 valence electrons. The first kappa shape index (κ1) is 48.5. The maximum absolute atomic E-state index is 11.3. The third kappa shape index (κ3) is 14.9. The molecule has 4 aromatic carbocycles. The summed E-state index contributed by atoms with van der Waals surface area (Å²) < 4.78 is 18.3. The van der Waals surface area contributed by atoms with E-state index in [2.05, 4.69) is 116 Å². The summed E-state index contributed by atoms with van der Waals surface area (Å²) in [7, 11) is 0. The topological polar surface area (TPSA) is 157 Å². The van der Waals surface area contributed by atoms with E-state index in [1.807, 2.05) is 19.1 Å². The van der Waals surface area contributed by atoms with E-state index in [4.69, 9.17) is 24.4 Å². The van der Waals surface area contributed by atoms with Crippen molar-refractivity contribution in [2.75, 3.05) is 19.8 Å². The number of ether oxygens (including phenoxy) is 3. The number of benzene rings is 4. The third-order valence-electron chi connectivity index (χ3n) is 7.10. The first-order valence-corrected chi connectivity index (χ1v) is 19.2. The fourth-order valence-electron chi connectivity index (χ4n) is 4.29. The molecule has 0 bridgehead atoms. The van der Waals surface area contributed by atoms with Gasteiger partial charge in [-0.1, -0.05) is 51.3 Å². The van der Waals surface area contributed by atoms with Gasteiger partial charge in [-0.15, -0.1) is 13.2 Å². The van der Waals surface area contributed by atoms with Crippen LogP contribution in [0.4, 0.5) is 0 Å². The average molecular weight is 1010 g/mol. The molecule has 4 aromatic rings. The van der Waals surface area contributed by atoms with Crippen LogP contribution in [0, 0.1) is 0 Å². The molecule has 0 aromatic heterocycles. The summed E-state index contributed by atoms with van der Waals surface area (Å²) in [6.07, 6.45) is 2.89. The lowest BCUT2D eigenvalue weighted by atomic mass is 9.78. The van der Waals surface area contributed by atoms with Crippen LogP contribution >= 0.6 is 63.7 Å². The largest absolute Gasteiger partial charge is 0.506 e. The first-order valence-electron chi connectivity index (χ1n) is 16.0. The fourth-order valence-corrected chi connectivity index (χ4v) is 6.89. The van der Waals surface area contributed by atoms with Gasteiger partial charge >= 0.3 is 23.9 Å². The molecular formula is C41H40Br4O10. The zero-order valence-corrected chi connectivity index (χ0v) is 36.6. The van der Waals surface area contributed by atoms with E-state index in [0.717, 1.165) is 25.8 Å². The van der Waals surface area contributed by atoms with Crippen molar-refractivity contribution in [2.24, 2.45) is 0 Å². The molecule has 55 heavy (non-hydrogen) atoms. The summed E-state index contributed by atoms with van der Waals surface area (Å²) in [5, 5.41) is 27.3. The SMILES string of the molecule is C=C.C=CCOC(=O)c1cccc(C(=O)O)c1.C=CCOC(=O)c1cccc(C(=O)O)c1.CCOc1c(Br)cc(C(C)(C)c2cc(Br)c(O)c(Br)c2)cc1Br. The van der Waals surface area contributed by atoms with Crippen LogP contribution in [0.1, 0.15) is 73.3 Å². The average Bonchev–Trinajstić information content (AvgIpc) is 3.17. The van der Waals surface area contributed by atoms with Crippen molar-refractivity contribution in [3.05, 3.63) is 163 Å². The summed E-state index contributed by atoms with van der Waals surface area (Å²) in [6.45, 7) is 19.9. The number of aromatic hydroxyl groups is 1. The van der Waals surface area contributed by atoms with Crippen LogP contribution in [0.3, 0.4) is 0 Å². The number of carbonyl (C=O) groups is 4. The smallest absolute Gasteiger partial charge is 0.338 e. The van der Waals surface area contributed by atoms with E-state index in [0.29, 0.717) is 15.6 Å². The second kappa shape index (κ2) is 24.1. The van der Waals surface area contributed by atoms with Gasteiger partial charge in [0.15, 0.2) is 0 Å². The lowest BCUT2D eigenvalue weighted by Gasteiger charge is -2.28. The van der Waals surface area contributed by atoms with Gasteiger partial charge in [-0.25, -0.2) is 19.2 Å². The molecule has 0 aliphatic heterocycles. The Labute approximate surface area is 354 Å². The monoisotopic (exact) mass is 1010 g/mol. The van der Waals surface area contributed by atoms with Crippen LogP contribution in [-0.2, 0) is 14.9 Å². The van der Waals surface area contributed by atoms with Crippen molar-refractivity contribution < 1.29 is 48.7 Å². The highest BCUT2D eigenvalue weighted by molar-refractivity contribution is 9.11. The van der Waals surface area contributed by atoms with Crippen LogP contribution in [0.5, 0.6) is 11.5 Å². The van der Waals surface area contributed by atoms with Crippen LogP contribution < -0.4 is 4.74 Å². The van der Waals surface area contributed by atoms with Gasteiger partial charge in [-0.05, 0) is 142 Å². The lowest BCUT2D eigenvalue weighted by Crippen LogP contribution is -2.19. The molecule has 0 amide bonds. The summed E-state index contributed by atoms with van der Waals surface area (Å²) in [4.78, 5) is 43.9. The molecular weight excluding hydrogens is 972 g/mol. The van der Waals surface area contributed by atoms with Gasteiger partial charge in [0.05, 0.1) is 46.8 Å². The highest BCUT2D eigenvalue weighted by Crippen LogP contribution is 2.43. The van der Waals surface area contributed by atoms with Crippen molar-refractivity contribution >= 4 is 87.6 Å². The molecule has 0 aliphatic rings. The van der Waals surface area contributed by atoms with Gasteiger partial charge in [0.1, 0.15) is 24.7 Å². The van der Waals surface area contributed by atoms with E-state index < -0.39 is 23.9 Å². The number of hydrogen-bond donors (Lipinski definition) is 3. The number of esters is 2. The Morgan fingerprint density at radius 2 is 1.00 bits per heavy atom. The first-order chi connectivity index (χ1) is 26.0. The number of phenols is 1. The van der Waals surface area contributed by atoms with Gasteiger partial charge in [0.2, 0.25) is 0 Å². The van der Waals surface area contributed by atoms with Gasteiger partial charge in [-0.3, -0.25) is 0 Å². The van der Waals surface area contributed by atoms with Crippen molar-refractivity contribution in [3.63, 3.8) is 0 Å². The molecule has 0 fully saturated rings. The Morgan fingerprint density at radius 3 is 1.33 bits per heavy atom. The maximum atomic E-state index is 11.3. The Kier molecular flexibility index (Phi) is 21.3. The number of carboxylic acids is 2. The van der Waals surface area contributed by atoms with Crippen molar-refractivity contribution in [1.82, 2.24) is 0 Å². The van der Waals surface area contributed by atoms with Crippen LogP contribution in [0.2, 0.25) is 0 Å². The standard InChI is InChI=1S/C17H16Br4O2.2C11H10O4.C2H4/c1-4-23-16-13(20)7-10(8-14(16)21)17(2,3)9-5-11(18)15(22)12(19)6-9;2*1-2-6-15-11(14)9-5-3-4-8(7-9)10(12)13;1-2/h5-8,22H,4H2,1-3H3;2*2-5,7H,1,6H2,(H,12,13);1-2H2. The lowest BCUT2D eigenvalue weighted by molar-refractivity contribution is 0.0540. The Balaban J connectivity index is 0.000000418. The Hall–Kier alpha value is -4.50. The minimum atomic E-state index is -1.08. The number of aromatic carboxylic acids is 2. The predicted molar refractivity (Wildman–Crippen MR) is 228 cm³/mol. The molecule has 3 N–H and O–H groups in total. The normalized spacial score (nSPS) is 10.0. The van der Waals surface area contributed by atoms with Crippen molar-refractivity contribution in [2.45, 2.75) is 26.2 Å². The van der Waals surface area contributed by atoms with E-state index in [1.54, 1.807) is 0 Å². The van der Waals surface area contributed by atoms with E-state index >= 15 is 0 Å². The van der Waals surface area contributed by atoms with Gasteiger partial charge in [-0.2, -0.15) is 0 Å². The quantitative estimate of drug-likeness (QED) is 0.0922. The van der Waals surface area contributed by atoms with Gasteiger partial charge in [0.25, 0.3) is 0 Å². The molecule has 0 spiro atoms. The summed E-state index contributed by atoms with van der Waals surface area (Å²) in [5.74, 6) is -2.25. The van der Waals surface area contributed by atoms with Crippen molar-refractivity contribution in [3.8, 4) is 11.5 Å². The second-order valence-electron chi connectivity index (χ2n) is 11.2. The number of rotatable bonds is 12. The summed E-state index contributed by atoms with van der Waals surface area (Å²) in [6, 6.07) is 19.4. The van der Waals surface area contributed by atoms with E-state index in [-0.39, 0.29) is 46.6 Å². The van der Waals surface area contributed by atoms with Crippen molar-refractivity contribution in [1.29, 1.82) is 0 Å². The molecule has 4 rings (SSSR count). The minimum Gasteiger partial charge on any atom is -0.506 e. The number of carboxylic acid groups (broad SMARTS) is 2. The number of halogens is 4. The summed E-state index contributed by atoms with van der Waals surface area (Å²) in [5.41, 5.74) is 2.51. The molecule has 0 heterocycles. The summed E-state index contributed by atoms with van der Waals surface area (Å²) >= 11 is 14.0. The zero-order valence-electron chi connectivity index (χ0n) is 30.2. The number of carbonyl (C=O) groups excluding carboxylic acids is 2.